The molecule has 0 bridgehead atoms. The SMILES string of the molecule is CCC(C)(S)CCCCCCCCCCCC(=O)O. The first-order valence-corrected chi connectivity index (χ1v) is 8.37. The summed E-state index contributed by atoms with van der Waals surface area (Å²) in [5.41, 5.74) is 0. The smallest absolute Gasteiger partial charge is 0.303 e. The predicted molar refractivity (Wildman–Crippen MR) is 86.1 cm³/mol. The molecular formula is C16H32O2S. The normalized spacial score (nSPS) is 14.3. The first-order chi connectivity index (χ1) is 8.98. The lowest BCUT2D eigenvalue weighted by Crippen LogP contribution is -2.14. The molecule has 0 spiro atoms. The van der Waals surface area contributed by atoms with E-state index in [0.29, 0.717) is 6.42 Å². The molecule has 0 aromatic heterocycles. The molecular weight excluding hydrogens is 256 g/mol. The maximum Gasteiger partial charge on any atom is 0.303 e. The van der Waals surface area contributed by atoms with Crippen molar-refractivity contribution >= 4 is 18.6 Å². The second-order valence-electron chi connectivity index (χ2n) is 5.93. The van der Waals surface area contributed by atoms with Crippen LogP contribution in [0.25, 0.3) is 0 Å². The molecule has 0 rings (SSSR count). The summed E-state index contributed by atoms with van der Waals surface area (Å²) in [4.78, 5) is 10.3. The van der Waals surface area contributed by atoms with Crippen molar-refractivity contribution in [2.75, 3.05) is 0 Å². The molecule has 0 aliphatic carbocycles. The number of carboxylic acids is 1. The molecule has 1 atom stereocenters. The first-order valence-electron chi connectivity index (χ1n) is 7.92. The third-order valence-corrected chi connectivity index (χ3v) is 4.41. The molecule has 0 aliphatic rings. The standard InChI is InChI=1S/C16H32O2S/c1-3-16(2,19)14-12-10-8-6-4-5-7-9-11-13-15(17)18/h19H,3-14H2,1-2H3,(H,17,18). The molecule has 3 heteroatoms. The van der Waals surface area contributed by atoms with Crippen molar-refractivity contribution in [3.8, 4) is 0 Å². The summed E-state index contributed by atoms with van der Waals surface area (Å²) in [5, 5.41) is 8.51. The third-order valence-electron chi connectivity index (χ3n) is 3.87. The highest BCUT2D eigenvalue weighted by Gasteiger charge is 2.14. The Morgan fingerprint density at radius 3 is 1.79 bits per heavy atom. The summed E-state index contributed by atoms with van der Waals surface area (Å²) in [7, 11) is 0. The first kappa shape index (κ1) is 18.8. The van der Waals surface area contributed by atoms with Gasteiger partial charge in [-0.3, -0.25) is 4.79 Å². The third kappa shape index (κ3) is 14.0. The zero-order valence-electron chi connectivity index (χ0n) is 12.8. The molecule has 0 saturated carbocycles. The van der Waals surface area contributed by atoms with Crippen LogP contribution < -0.4 is 0 Å². The van der Waals surface area contributed by atoms with Gasteiger partial charge in [-0.15, -0.1) is 0 Å². The van der Waals surface area contributed by atoms with Gasteiger partial charge in [0.05, 0.1) is 0 Å². The molecule has 0 radical (unpaired) electrons. The maximum atomic E-state index is 10.3. The summed E-state index contributed by atoms with van der Waals surface area (Å²) in [6.07, 6.45) is 13.7. The number of carboxylic acid groups (broad SMARTS) is 1. The molecule has 0 aromatic rings. The number of aliphatic carboxylic acids is 1. The Bertz CT molecular complexity index is 227. The Morgan fingerprint density at radius 1 is 0.947 bits per heavy atom. The second kappa shape index (κ2) is 11.6. The monoisotopic (exact) mass is 288 g/mol. The molecule has 0 fully saturated rings. The molecule has 0 aliphatic heterocycles. The number of carbonyl (C=O) groups is 1. The quantitative estimate of drug-likeness (QED) is 0.349. The number of rotatable bonds is 13. The Balaban J connectivity index is 3.13. The van der Waals surface area contributed by atoms with Crippen LogP contribution >= 0.6 is 12.6 Å². The van der Waals surface area contributed by atoms with Gasteiger partial charge in [-0.1, -0.05) is 65.2 Å². The molecule has 0 aromatic carbocycles. The number of hydrogen-bond donors (Lipinski definition) is 2. The highest BCUT2D eigenvalue weighted by molar-refractivity contribution is 7.81. The van der Waals surface area contributed by atoms with Gasteiger partial charge in [-0.05, 0) is 19.3 Å². The number of thiol groups is 1. The topological polar surface area (TPSA) is 37.3 Å². The van der Waals surface area contributed by atoms with E-state index < -0.39 is 5.97 Å². The van der Waals surface area contributed by atoms with Gasteiger partial charge in [0.2, 0.25) is 0 Å². The fourth-order valence-corrected chi connectivity index (χ4v) is 2.35. The average molecular weight is 288 g/mol. The van der Waals surface area contributed by atoms with Gasteiger partial charge >= 0.3 is 5.97 Å². The van der Waals surface area contributed by atoms with Crippen LogP contribution in [0.5, 0.6) is 0 Å². The summed E-state index contributed by atoms with van der Waals surface area (Å²) in [6, 6.07) is 0. The van der Waals surface area contributed by atoms with E-state index in [9.17, 15) is 4.79 Å². The van der Waals surface area contributed by atoms with Crippen molar-refractivity contribution in [2.24, 2.45) is 0 Å². The lowest BCUT2D eigenvalue weighted by Gasteiger charge is -2.20. The minimum Gasteiger partial charge on any atom is -0.481 e. The Morgan fingerprint density at radius 2 is 1.37 bits per heavy atom. The van der Waals surface area contributed by atoms with Crippen molar-refractivity contribution in [1.82, 2.24) is 0 Å². The predicted octanol–water partition coefficient (Wildman–Crippen LogP) is 5.46. The van der Waals surface area contributed by atoms with E-state index in [0.717, 1.165) is 19.3 Å². The van der Waals surface area contributed by atoms with Gasteiger partial charge in [0.25, 0.3) is 0 Å². The van der Waals surface area contributed by atoms with Crippen molar-refractivity contribution in [3.05, 3.63) is 0 Å². The van der Waals surface area contributed by atoms with Crippen LogP contribution in [-0.2, 0) is 4.79 Å². The number of hydrogen-bond acceptors (Lipinski definition) is 2. The summed E-state index contributed by atoms with van der Waals surface area (Å²) in [6.45, 7) is 4.44. The molecule has 2 nitrogen and oxygen atoms in total. The zero-order chi connectivity index (χ0) is 14.6. The minimum absolute atomic E-state index is 0.226. The van der Waals surface area contributed by atoms with E-state index in [2.05, 4.69) is 26.5 Å². The van der Waals surface area contributed by atoms with Crippen LogP contribution in [-0.4, -0.2) is 15.8 Å². The van der Waals surface area contributed by atoms with Crippen LogP contribution in [0, 0.1) is 0 Å². The van der Waals surface area contributed by atoms with Crippen molar-refractivity contribution in [2.45, 2.75) is 95.6 Å². The van der Waals surface area contributed by atoms with E-state index >= 15 is 0 Å². The van der Waals surface area contributed by atoms with E-state index in [1.807, 2.05) is 0 Å². The fourth-order valence-electron chi connectivity index (χ4n) is 2.20. The van der Waals surface area contributed by atoms with Gasteiger partial charge in [0.1, 0.15) is 0 Å². The summed E-state index contributed by atoms with van der Waals surface area (Å²) in [5.74, 6) is -0.664. The average Bonchev–Trinajstić information content (AvgIpc) is 2.35. The lowest BCUT2D eigenvalue weighted by atomic mass is 9.98. The lowest BCUT2D eigenvalue weighted by molar-refractivity contribution is -0.137. The maximum absolute atomic E-state index is 10.3. The summed E-state index contributed by atoms with van der Waals surface area (Å²) < 4.78 is 0.226. The summed E-state index contributed by atoms with van der Waals surface area (Å²) >= 11 is 4.65. The Kier molecular flexibility index (Phi) is 11.5. The van der Waals surface area contributed by atoms with Crippen LogP contribution in [0.3, 0.4) is 0 Å². The van der Waals surface area contributed by atoms with Crippen LogP contribution in [0.4, 0.5) is 0 Å². The molecule has 0 amide bonds. The minimum atomic E-state index is -0.664. The van der Waals surface area contributed by atoms with Crippen molar-refractivity contribution in [1.29, 1.82) is 0 Å². The molecule has 0 saturated heterocycles. The van der Waals surface area contributed by atoms with E-state index in [1.165, 1.54) is 51.4 Å². The van der Waals surface area contributed by atoms with Crippen molar-refractivity contribution in [3.63, 3.8) is 0 Å². The van der Waals surface area contributed by atoms with Crippen LogP contribution in [0.2, 0.25) is 0 Å². The Labute approximate surface area is 124 Å². The van der Waals surface area contributed by atoms with Crippen LogP contribution in [0.1, 0.15) is 90.9 Å². The largest absolute Gasteiger partial charge is 0.481 e. The highest BCUT2D eigenvalue weighted by Crippen LogP contribution is 2.25. The zero-order valence-corrected chi connectivity index (χ0v) is 13.7. The number of unbranched alkanes of at least 4 members (excludes halogenated alkanes) is 8. The van der Waals surface area contributed by atoms with Crippen LogP contribution in [0.15, 0.2) is 0 Å². The molecule has 19 heavy (non-hydrogen) atoms. The second-order valence-corrected chi connectivity index (χ2v) is 7.01. The van der Waals surface area contributed by atoms with Gasteiger partial charge < -0.3 is 5.11 Å². The highest BCUT2D eigenvalue weighted by atomic mass is 32.1. The molecule has 0 heterocycles. The van der Waals surface area contributed by atoms with Gasteiger partial charge in [0.15, 0.2) is 0 Å². The molecule has 1 unspecified atom stereocenters. The molecule has 114 valence electrons. The van der Waals surface area contributed by atoms with Gasteiger partial charge in [-0.2, -0.15) is 12.6 Å². The van der Waals surface area contributed by atoms with E-state index in [1.54, 1.807) is 0 Å². The Hall–Kier alpha value is -0.180. The van der Waals surface area contributed by atoms with E-state index in [4.69, 9.17) is 5.11 Å². The van der Waals surface area contributed by atoms with Gasteiger partial charge in [0, 0.05) is 11.2 Å². The fraction of sp³-hybridized carbons (Fsp3) is 0.938. The van der Waals surface area contributed by atoms with Crippen molar-refractivity contribution < 1.29 is 9.90 Å². The van der Waals surface area contributed by atoms with E-state index in [-0.39, 0.29) is 4.75 Å². The van der Waals surface area contributed by atoms with Gasteiger partial charge in [-0.25, -0.2) is 0 Å². The molecule has 1 N–H and O–H groups in total.